The molecule has 1 aromatic heterocycles. The maximum absolute atomic E-state index is 12.2. The van der Waals surface area contributed by atoms with Crippen LogP contribution in [0.3, 0.4) is 0 Å². The van der Waals surface area contributed by atoms with Crippen molar-refractivity contribution in [2.45, 2.75) is 32.2 Å². The predicted molar refractivity (Wildman–Crippen MR) is 100 cm³/mol. The Morgan fingerprint density at radius 2 is 2.00 bits per heavy atom. The minimum Gasteiger partial charge on any atom is -0.476 e. The summed E-state index contributed by atoms with van der Waals surface area (Å²) in [5, 5.41) is 18.9. The zero-order valence-corrected chi connectivity index (χ0v) is 14.8. The Balaban J connectivity index is 1.75. The number of anilines is 1. The lowest BCUT2D eigenvalue weighted by Gasteiger charge is -2.11. The van der Waals surface area contributed by atoms with Gasteiger partial charge in [-0.2, -0.15) is 0 Å². The first kappa shape index (κ1) is 19.9. The summed E-state index contributed by atoms with van der Waals surface area (Å²) >= 11 is 0. The van der Waals surface area contributed by atoms with Crippen molar-refractivity contribution in [3.8, 4) is 0 Å². The number of para-hydroxylation sites is 1. The molecule has 0 fully saturated rings. The van der Waals surface area contributed by atoms with Gasteiger partial charge < -0.3 is 21.6 Å². The van der Waals surface area contributed by atoms with E-state index in [1.165, 1.54) is 17.1 Å². The van der Waals surface area contributed by atoms with E-state index in [2.05, 4.69) is 21.1 Å². The molecule has 0 bridgehead atoms. The molecule has 10 heteroatoms. The Morgan fingerprint density at radius 1 is 1.22 bits per heavy atom. The van der Waals surface area contributed by atoms with Gasteiger partial charge in [-0.25, -0.2) is 4.79 Å². The third-order valence-electron chi connectivity index (χ3n) is 3.80. The summed E-state index contributed by atoms with van der Waals surface area (Å²) in [4.78, 5) is 22.9. The molecular weight excluding hydrogens is 350 g/mol. The van der Waals surface area contributed by atoms with Crippen LogP contribution in [0.25, 0.3) is 5.70 Å². The summed E-state index contributed by atoms with van der Waals surface area (Å²) in [5.74, 6) is 4.03. The molecule has 0 atom stereocenters. The number of carboxylic acids is 1. The first-order valence-electron chi connectivity index (χ1n) is 8.45. The second kappa shape index (κ2) is 9.92. The molecule has 2 rings (SSSR count). The summed E-state index contributed by atoms with van der Waals surface area (Å²) in [6.07, 6.45) is 5.47. The summed E-state index contributed by atoms with van der Waals surface area (Å²) < 4.78 is 1.49. The van der Waals surface area contributed by atoms with E-state index in [-0.39, 0.29) is 11.6 Å². The number of nitrogens with two attached hydrogens (primary N) is 2. The highest BCUT2D eigenvalue weighted by Gasteiger charge is 2.09. The molecule has 0 saturated carbocycles. The third-order valence-corrected chi connectivity index (χ3v) is 3.80. The second-order valence-corrected chi connectivity index (χ2v) is 5.84. The van der Waals surface area contributed by atoms with Gasteiger partial charge in [0.1, 0.15) is 0 Å². The molecule has 0 spiro atoms. The molecular formula is C17H23N7O3. The van der Waals surface area contributed by atoms with Crippen LogP contribution in [-0.2, 0) is 11.3 Å². The Labute approximate surface area is 156 Å². The average Bonchev–Trinajstić information content (AvgIpc) is 3.11. The van der Waals surface area contributed by atoms with E-state index in [0.717, 1.165) is 12.8 Å². The standard InChI is InChI=1S/C17H23N7O3/c18-13(10-20-19)12-6-3-4-7-14(12)21-16(25)8-2-1-5-9-24-11-15(17(26)27)22-23-24/h3-4,6-7,10-11,20H,1-2,5,8-9,18-19H2,(H,21,25)(H,26,27)/b13-10-. The Bertz CT molecular complexity index is 816. The highest BCUT2D eigenvalue weighted by molar-refractivity contribution is 5.93. The Morgan fingerprint density at radius 3 is 2.70 bits per heavy atom. The van der Waals surface area contributed by atoms with Gasteiger partial charge in [0.05, 0.1) is 17.6 Å². The van der Waals surface area contributed by atoms with Gasteiger partial charge in [-0.3, -0.25) is 15.3 Å². The number of unbranched alkanes of at least 4 members (excludes halogenated alkanes) is 2. The number of hydrazine groups is 1. The quantitative estimate of drug-likeness (QED) is 0.233. The van der Waals surface area contributed by atoms with Crippen LogP contribution in [0.4, 0.5) is 5.69 Å². The minimum atomic E-state index is -1.10. The van der Waals surface area contributed by atoms with Crippen LogP contribution < -0.4 is 22.3 Å². The monoisotopic (exact) mass is 373 g/mol. The third kappa shape index (κ3) is 6.12. The van der Waals surface area contributed by atoms with Crippen molar-refractivity contribution in [2.75, 3.05) is 5.32 Å². The zero-order chi connectivity index (χ0) is 19.6. The van der Waals surface area contributed by atoms with Crippen LogP contribution in [0.2, 0.25) is 0 Å². The molecule has 10 nitrogen and oxygen atoms in total. The van der Waals surface area contributed by atoms with E-state index in [0.29, 0.717) is 36.3 Å². The van der Waals surface area contributed by atoms with Crippen LogP contribution in [-0.4, -0.2) is 32.0 Å². The van der Waals surface area contributed by atoms with Crippen molar-refractivity contribution >= 4 is 23.3 Å². The molecule has 1 aromatic carbocycles. The average molecular weight is 373 g/mol. The van der Waals surface area contributed by atoms with Gasteiger partial charge >= 0.3 is 5.97 Å². The van der Waals surface area contributed by atoms with Crippen molar-refractivity contribution in [3.05, 3.63) is 47.9 Å². The van der Waals surface area contributed by atoms with Gasteiger partial charge in [0.2, 0.25) is 5.91 Å². The first-order chi connectivity index (χ1) is 13.0. The number of aromatic carboxylic acids is 1. The largest absolute Gasteiger partial charge is 0.476 e. The van der Waals surface area contributed by atoms with Gasteiger partial charge in [0.25, 0.3) is 0 Å². The summed E-state index contributed by atoms with van der Waals surface area (Å²) in [6, 6.07) is 7.20. The molecule has 0 saturated heterocycles. The summed E-state index contributed by atoms with van der Waals surface area (Å²) in [7, 11) is 0. The van der Waals surface area contributed by atoms with Gasteiger partial charge in [0.15, 0.2) is 5.69 Å². The second-order valence-electron chi connectivity index (χ2n) is 5.84. The molecule has 27 heavy (non-hydrogen) atoms. The van der Waals surface area contributed by atoms with Gasteiger partial charge in [-0.1, -0.05) is 29.8 Å². The lowest BCUT2D eigenvalue weighted by atomic mass is 10.1. The lowest BCUT2D eigenvalue weighted by Crippen LogP contribution is -2.17. The molecule has 0 aliphatic heterocycles. The zero-order valence-electron chi connectivity index (χ0n) is 14.8. The van der Waals surface area contributed by atoms with Gasteiger partial charge in [0, 0.05) is 24.7 Å². The number of carboxylic acid groups (broad SMARTS) is 1. The molecule has 0 aliphatic rings. The van der Waals surface area contributed by atoms with Crippen molar-refractivity contribution in [1.82, 2.24) is 20.4 Å². The SMILES string of the molecule is NN/C=C(\N)c1ccccc1NC(=O)CCCCCn1cc(C(=O)O)nn1. The number of carbonyl (C=O) groups is 2. The Kier molecular flexibility index (Phi) is 7.32. The summed E-state index contributed by atoms with van der Waals surface area (Å²) in [6.45, 7) is 0.554. The van der Waals surface area contributed by atoms with Crippen LogP contribution >= 0.6 is 0 Å². The molecule has 1 heterocycles. The van der Waals surface area contributed by atoms with Crippen molar-refractivity contribution in [2.24, 2.45) is 11.6 Å². The molecule has 144 valence electrons. The number of hydrogen-bond donors (Lipinski definition) is 5. The number of benzene rings is 1. The van der Waals surface area contributed by atoms with Crippen molar-refractivity contribution in [1.29, 1.82) is 0 Å². The molecule has 2 aromatic rings. The smallest absolute Gasteiger partial charge is 0.358 e. The fraction of sp³-hybridized carbons (Fsp3) is 0.294. The van der Waals surface area contributed by atoms with Gasteiger partial charge in [-0.15, -0.1) is 5.10 Å². The number of carbonyl (C=O) groups excluding carboxylic acids is 1. The number of nitrogens with zero attached hydrogens (tertiary/aromatic N) is 3. The Hall–Kier alpha value is -3.40. The van der Waals surface area contributed by atoms with Crippen LogP contribution in [0, 0.1) is 0 Å². The number of aryl methyl sites for hydroxylation is 1. The fourth-order valence-corrected chi connectivity index (χ4v) is 2.47. The highest BCUT2D eigenvalue weighted by atomic mass is 16.4. The number of rotatable bonds is 10. The molecule has 0 aliphatic carbocycles. The molecule has 0 radical (unpaired) electrons. The normalized spacial score (nSPS) is 11.2. The van der Waals surface area contributed by atoms with E-state index in [1.807, 2.05) is 12.1 Å². The highest BCUT2D eigenvalue weighted by Crippen LogP contribution is 2.20. The molecule has 0 unspecified atom stereocenters. The van der Waals surface area contributed by atoms with Crippen LogP contribution in [0.5, 0.6) is 0 Å². The van der Waals surface area contributed by atoms with E-state index in [9.17, 15) is 9.59 Å². The van der Waals surface area contributed by atoms with E-state index >= 15 is 0 Å². The van der Waals surface area contributed by atoms with Crippen molar-refractivity contribution in [3.63, 3.8) is 0 Å². The number of nitrogens with one attached hydrogen (secondary N) is 2. The maximum Gasteiger partial charge on any atom is 0.358 e. The number of hydrogen-bond acceptors (Lipinski definition) is 7. The van der Waals surface area contributed by atoms with E-state index < -0.39 is 5.97 Å². The van der Waals surface area contributed by atoms with E-state index in [4.69, 9.17) is 16.7 Å². The molecule has 1 amide bonds. The summed E-state index contributed by atoms with van der Waals surface area (Å²) in [5.41, 5.74) is 9.93. The fourth-order valence-electron chi connectivity index (χ4n) is 2.47. The van der Waals surface area contributed by atoms with Crippen molar-refractivity contribution < 1.29 is 14.7 Å². The maximum atomic E-state index is 12.2. The lowest BCUT2D eigenvalue weighted by molar-refractivity contribution is -0.116. The number of amides is 1. The number of aromatic nitrogens is 3. The minimum absolute atomic E-state index is 0.0776. The van der Waals surface area contributed by atoms with Crippen LogP contribution in [0.1, 0.15) is 41.7 Å². The van der Waals surface area contributed by atoms with E-state index in [1.54, 1.807) is 12.1 Å². The molecule has 7 N–H and O–H groups in total. The van der Waals surface area contributed by atoms with Crippen LogP contribution in [0.15, 0.2) is 36.7 Å². The first-order valence-corrected chi connectivity index (χ1v) is 8.45. The topological polar surface area (TPSA) is 161 Å². The predicted octanol–water partition coefficient (Wildman–Crippen LogP) is 0.896. The van der Waals surface area contributed by atoms with Gasteiger partial charge in [-0.05, 0) is 18.9 Å².